The number of aromatic amines is 1. The van der Waals surface area contributed by atoms with Crippen molar-refractivity contribution in [1.82, 2.24) is 19.9 Å². The van der Waals surface area contributed by atoms with E-state index < -0.39 is 5.91 Å². The van der Waals surface area contributed by atoms with Gasteiger partial charge in [-0.15, -0.1) is 0 Å². The van der Waals surface area contributed by atoms with Crippen LogP contribution in [0.4, 0.5) is 10.1 Å². The monoisotopic (exact) mass is 504 g/mol. The van der Waals surface area contributed by atoms with E-state index in [0.717, 1.165) is 67.8 Å². The highest BCUT2D eigenvalue weighted by molar-refractivity contribution is 7.99. The van der Waals surface area contributed by atoms with Crippen molar-refractivity contribution in [2.75, 3.05) is 37.6 Å². The van der Waals surface area contributed by atoms with Crippen LogP contribution in [0.3, 0.4) is 0 Å². The lowest BCUT2D eigenvalue weighted by Gasteiger charge is -2.36. The molecule has 3 heterocycles. The molecule has 0 unspecified atom stereocenters. The highest BCUT2D eigenvalue weighted by atomic mass is 32.2. The molecule has 36 heavy (non-hydrogen) atoms. The summed E-state index contributed by atoms with van der Waals surface area (Å²) in [7, 11) is 0. The van der Waals surface area contributed by atoms with Gasteiger partial charge in [0, 0.05) is 60.1 Å². The van der Waals surface area contributed by atoms with Gasteiger partial charge in [-0.3, -0.25) is 9.69 Å². The number of hydrogen-bond acceptors (Lipinski definition) is 6. The van der Waals surface area contributed by atoms with Crippen molar-refractivity contribution < 1.29 is 9.18 Å². The smallest absolute Gasteiger partial charge is 0.267 e. The standard InChI is InChI=1S/C27H29FN6OS/c28-20-4-9-24-23(17-20)19(18-31-24)3-1-2-12-33-13-15-34(16-14-33)21-5-7-22(8-6-21)36-27-30-11-10-25(32-27)26(29)35/h4-11,17-18,31H,1-3,12-16H2,(H2,29,35). The average molecular weight is 505 g/mol. The van der Waals surface area contributed by atoms with Crippen molar-refractivity contribution in [3.8, 4) is 0 Å². The minimum atomic E-state index is -0.556. The van der Waals surface area contributed by atoms with Crippen LogP contribution in [0.5, 0.6) is 0 Å². The number of fused-ring (bicyclic) bond motifs is 1. The van der Waals surface area contributed by atoms with Crippen LogP contribution >= 0.6 is 11.8 Å². The Hall–Kier alpha value is -3.43. The van der Waals surface area contributed by atoms with Gasteiger partial charge in [0.15, 0.2) is 5.16 Å². The lowest BCUT2D eigenvalue weighted by atomic mass is 10.1. The van der Waals surface area contributed by atoms with Gasteiger partial charge in [-0.1, -0.05) is 0 Å². The van der Waals surface area contributed by atoms with Gasteiger partial charge in [0.25, 0.3) is 5.91 Å². The quantitative estimate of drug-likeness (QED) is 0.258. The van der Waals surface area contributed by atoms with Gasteiger partial charge in [0.1, 0.15) is 11.5 Å². The third kappa shape index (κ3) is 5.85. The van der Waals surface area contributed by atoms with Crippen molar-refractivity contribution >= 4 is 34.3 Å². The largest absolute Gasteiger partial charge is 0.369 e. The van der Waals surface area contributed by atoms with E-state index in [1.807, 2.05) is 6.20 Å². The SMILES string of the molecule is NC(=O)c1ccnc(Sc2ccc(N3CCN(CCCCc4c[nH]c5ccc(F)cc45)CC3)cc2)n1. The highest BCUT2D eigenvalue weighted by Crippen LogP contribution is 2.27. The second-order valence-electron chi connectivity index (χ2n) is 8.97. The molecule has 1 aliphatic rings. The van der Waals surface area contributed by atoms with E-state index in [-0.39, 0.29) is 11.5 Å². The number of nitrogens with zero attached hydrogens (tertiary/aromatic N) is 4. The number of piperazine rings is 1. The van der Waals surface area contributed by atoms with Crippen molar-refractivity contribution in [3.63, 3.8) is 0 Å². The molecule has 3 N–H and O–H groups in total. The number of nitrogens with two attached hydrogens (primary N) is 1. The Kier molecular flexibility index (Phi) is 7.48. The number of aryl methyl sites for hydroxylation is 1. The molecule has 1 fully saturated rings. The molecule has 1 aliphatic heterocycles. The number of aromatic nitrogens is 3. The maximum absolute atomic E-state index is 13.6. The number of rotatable bonds is 9. The van der Waals surface area contributed by atoms with Gasteiger partial charge >= 0.3 is 0 Å². The first-order valence-electron chi connectivity index (χ1n) is 12.2. The van der Waals surface area contributed by atoms with E-state index in [0.29, 0.717) is 5.16 Å². The van der Waals surface area contributed by atoms with E-state index in [2.05, 4.69) is 49.0 Å². The predicted molar refractivity (Wildman–Crippen MR) is 141 cm³/mol. The van der Waals surface area contributed by atoms with Gasteiger partial charge in [0.2, 0.25) is 0 Å². The van der Waals surface area contributed by atoms with Gasteiger partial charge < -0.3 is 15.6 Å². The summed E-state index contributed by atoms with van der Waals surface area (Å²) in [5.41, 5.74) is 8.93. The number of nitrogens with one attached hydrogen (secondary N) is 1. The average Bonchev–Trinajstić information content (AvgIpc) is 3.29. The van der Waals surface area contributed by atoms with Crippen LogP contribution in [-0.2, 0) is 6.42 Å². The number of benzene rings is 2. The molecule has 0 bridgehead atoms. The second-order valence-corrected chi connectivity index (χ2v) is 10.0. The van der Waals surface area contributed by atoms with E-state index in [1.165, 1.54) is 35.1 Å². The lowest BCUT2D eigenvalue weighted by molar-refractivity contribution is 0.0994. The van der Waals surface area contributed by atoms with Gasteiger partial charge in [-0.2, -0.15) is 0 Å². The molecular formula is C27H29FN6OS. The first-order chi connectivity index (χ1) is 17.5. The third-order valence-corrected chi connectivity index (χ3v) is 7.46. The molecule has 5 rings (SSSR count). The Morgan fingerprint density at radius 3 is 2.64 bits per heavy atom. The summed E-state index contributed by atoms with van der Waals surface area (Å²) in [6.07, 6.45) is 6.75. The Morgan fingerprint density at radius 1 is 1.06 bits per heavy atom. The van der Waals surface area contributed by atoms with Crippen LogP contribution < -0.4 is 10.6 Å². The minimum absolute atomic E-state index is 0.182. The van der Waals surface area contributed by atoms with Gasteiger partial charge in [-0.05, 0) is 91.7 Å². The topological polar surface area (TPSA) is 91.1 Å². The van der Waals surface area contributed by atoms with Gasteiger partial charge in [0.05, 0.1) is 0 Å². The molecule has 7 nitrogen and oxygen atoms in total. The van der Waals surface area contributed by atoms with Crippen molar-refractivity contribution in [3.05, 3.63) is 78.0 Å². The Bertz CT molecular complexity index is 1330. The van der Waals surface area contributed by atoms with Crippen LogP contribution in [0.25, 0.3) is 10.9 Å². The van der Waals surface area contributed by atoms with Crippen LogP contribution in [0, 0.1) is 5.82 Å². The molecule has 2 aromatic carbocycles. The molecule has 1 saturated heterocycles. The number of anilines is 1. The Morgan fingerprint density at radius 2 is 1.86 bits per heavy atom. The van der Waals surface area contributed by atoms with E-state index in [1.54, 1.807) is 18.3 Å². The van der Waals surface area contributed by atoms with E-state index in [9.17, 15) is 9.18 Å². The molecule has 186 valence electrons. The molecular weight excluding hydrogens is 475 g/mol. The van der Waals surface area contributed by atoms with Crippen LogP contribution in [0.15, 0.2) is 71.0 Å². The maximum atomic E-state index is 13.6. The zero-order valence-electron chi connectivity index (χ0n) is 20.0. The lowest BCUT2D eigenvalue weighted by Crippen LogP contribution is -2.46. The molecule has 1 amide bonds. The number of hydrogen-bond donors (Lipinski definition) is 2. The fourth-order valence-corrected chi connectivity index (χ4v) is 5.34. The van der Waals surface area contributed by atoms with Crippen molar-refractivity contribution in [2.45, 2.75) is 29.3 Å². The number of amides is 1. The summed E-state index contributed by atoms with van der Waals surface area (Å²) < 4.78 is 13.6. The molecule has 0 atom stereocenters. The molecule has 9 heteroatoms. The van der Waals surface area contributed by atoms with Crippen LogP contribution in [0.1, 0.15) is 28.9 Å². The number of primary amides is 1. The van der Waals surface area contributed by atoms with Gasteiger partial charge in [-0.25, -0.2) is 14.4 Å². The number of H-pyrrole nitrogens is 1. The summed E-state index contributed by atoms with van der Waals surface area (Å²) >= 11 is 1.41. The predicted octanol–water partition coefficient (Wildman–Crippen LogP) is 4.49. The summed E-state index contributed by atoms with van der Waals surface area (Å²) in [6.45, 7) is 5.17. The Balaban J connectivity index is 1.06. The Labute approximate surface area is 213 Å². The van der Waals surface area contributed by atoms with Crippen molar-refractivity contribution in [2.24, 2.45) is 5.73 Å². The number of halogens is 1. The summed E-state index contributed by atoms with van der Waals surface area (Å²) in [5, 5.41) is 1.50. The summed E-state index contributed by atoms with van der Waals surface area (Å²) in [6, 6.07) is 14.8. The fraction of sp³-hybridized carbons (Fsp3) is 0.296. The maximum Gasteiger partial charge on any atom is 0.267 e. The first kappa shape index (κ1) is 24.3. The highest BCUT2D eigenvalue weighted by Gasteiger charge is 2.17. The molecule has 4 aromatic rings. The molecule has 0 aliphatic carbocycles. The van der Waals surface area contributed by atoms with Crippen molar-refractivity contribution in [1.29, 1.82) is 0 Å². The summed E-state index contributed by atoms with van der Waals surface area (Å²) in [5.74, 6) is -0.738. The molecule has 2 aromatic heterocycles. The second kappa shape index (κ2) is 11.1. The van der Waals surface area contributed by atoms with Crippen LogP contribution in [-0.4, -0.2) is 58.5 Å². The van der Waals surface area contributed by atoms with E-state index >= 15 is 0 Å². The fourth-order valence-electron chi connectivity index (χ4n) is 4.60. The van der Waals surface area contributed by atoms with E-state index in [4.69, 9.17) is 5.73 Å². The van der Waals surface area contributed by atoms with Crippen LogP contribution in [0.2, 0.25) is 0 Å². The zero-order valence-corrected chi connectivity index (χ0v) is 20.8. The normalized spacial score (nSPS) is 14.4. The molecule has 0 spiro atoms. The molecule has 0 saturated carbocycles. The first-order valence-corrected chi connectivity index (χ1v) is 13.0. The zero-order chi connectivity index (χ0) is 24.9. The number of carbonyl (C=O) groups excluding carboxylic acids is 1. The summed E-state index contributed by atoms with van der Waals surface area (Å²) in [4.78, 5) is 28.9. The number of unbranched alkanes of at least 4 members (excludes halogenated alkanes) is 1. The number of carbonyl (C=O) groups is 1. The third-order valence-electron chi connectivity index (χ3n) is 6.57. The minimum Gasteiger partial charge on any atom is -0.369 e. The molecule has 0 radical (unpaired) electrons.